The smallest absolute Gasteiger partial charge is 0.339 e. The number of ether oxygens (including phenoxy) is 1. The molecule has 0 saturated heterocycles. The van der Waals surface area contributed by atoms with E-state index in [0.29, 0.717) is 11.4 Å². The molecule has 1 aliphatic rings. The monoisotopic (exact) mass is 280 g/mol. The van der Waals surface area contributed by atoms with Gasteiger partial charge >= 0.3 is 5.97 Å². The van der Waals surface area contributed by atoms with Crippen LogP contribution in [0, 0.1) is 5.82 Å². The third-order valence-corrected chi connectivity index (χ3v) is 2.80. The summed E-state index contributed by atoms with van der Waals surface area (Å²) in [6.45, 7) is 0.179. The number of anilines is 1. The minimum atomic E-state index is -1.12. The molecule has 7 heteroatoms. The van der Waals surface area contributed by atoms with Gasteiger partial charge in [-0.05, 0) is 24.3 Å². The molecule has 1 heterocycles. The first-order valence-corrected chi connectivity index (χ1v) is 5.86. The summed E-state index contributed by atoms with van der Waals surface area (Å²) in [6.07, 6.45) is 0.486. The fourth-order valence-electron chi connectivity index (χ4n) is 1.83. The molecule has 0 unspecified atom stereocenters. The van der Waals surface area contributed by atoms with Crippen LogP contribution in [-0.2, 0) is 9.53 Å². The summed E-state index contributed by atoms with van der Waals surface area (Å²) in [5.74, 6) is -2.34. The first-order valence-electron chi connectivity index (χ1n) is 5.86. The fraction of sp³-hybridized carbons (Fsp3) is 0.231. The van der Waals surface area contributed by atoms with Crippen molar-refractivity contribution in [1.29, 1.82) is 0 Å². The quantitative estimate of drug-likeness (QED) is 0.764. The zero-order valence-electron chi connectivity index (χ0n) is 10.6. The maximum absolute atomic E-state index is 13.7. The number of rotatable bonds is 4. The second-order valence-electron chi connectivity index (χ2n) is 4.11. The van der Waals surface area contributed by atoms with Gasteiger partial charge in [-0.3, -0.25) is 4.79 Å². The standard InChI is InChI=1S/C13H13FN2O4/c1-15-12(17)8-3-2-7(6-9(8)14)16-10-4-5-20-11(10)13(18)19/h2-4,6,11,16H,5H2,1H3,(H,15,17)(H,18,19)/t11-/m0/s1. The minimum absolute atomic E-state index is 0.0792. The summed E-state index contributed by atoms with van der Waals surface area (Å²) in [7, 11) is 1.41. The highest BCUT2D eigenvalue weighted by molar-refractivity contribution is 5.94. The Morgan fingerprint density at radius 2 is 2.20 bits per heavy atom. The molecule has 20 heavy (non-hydrogen) atoms. The molecule has 0 aromatic heterocycles. The Morgan fingerprint density at radius 3 is 2.80 bits per heavy atom. The fourth-order valence-corrected chi connectivity index (χ4v) is 1.83. The van der Waals surface area contributed by atoms with E-state index in [1.165, 1.54) is 19.2 Å². The van der Waals surface area contributed by atoms with Crippen molar-refractivity contribution in [3.05, 3.63) is 41.4 Å². The predicted molar refractivity (Wildman–Crippen MR) is 68.9 cm³/mol. The van der Waals surface area contributed by atoms with Gasteiger partial charge in [0, 0.05) is 12.7 Å². The lowest BCUT2D eigenvalue weighted by Crippen LogP contribution is -2.25. The van der Waals surface area contributed by atoms with E-state index in [0.717, 1.165) is 6.07 Å². The molecular weight excluding hydrogens is 267 g/mol. The van der Waals surface area contributed by atoms with Crippen molar-refractivity contribution in [3.8, 4) is 0 Å². The number of carboxylic acid groups (broad SMARTS) is 1. The molecule has 1 atom stereocenters. The largest absolute Gasteiger partial charge is 0.479 e. The number of hydrogen-bond acceptors (Lipinski definition) is 4. The zero-order chi connectivity index (χ0) is 14.7. The van der Waals surface area contributed by atoms with Gasteiger partial charge in [-0.2, -0.15) is 0 Å². The van der Waals surface area contributed by atoms with Crippen LogP contribution in [0.15, 0.2) is 30.0 Å². The van der Waals surface area contributed by atoms with E-state index in [-0.39, 0.29) is 12.2 Å². The van der Waals surface area contributed by atoms with Gasteiger partial charge in [-0.25, -0.2) is 9.18 Å². The zero-order valence-corrected chi connectivity index (χ0v) is 10.6. The van der Waals surface area contributed by atoms with Gasteiger partial charge in [0.2, 0.25) is 0 Å². The average Bonchev–Trinajstić information content (AvgIpc) is 2.86. The molecule has 6 nitrogen and oxygen atoms in total. The second-order valence-corrected chi connectivity index (χ2v) is 4.11. The topological polar surface area (TPSA) is 87.7 Å². The molecule has 1 aliphatic heterocycles. The summed E-state index contributed by atoms with van der Waals surface area (Å²) in [5.41, 5.74) is 0.604. The Kier molecular flexibility index (Phi) is 3.99. The lowest BCUT2D eigenvalue weighted by Gasteiger charge is -2.13. The van der Waals surface area contributed by atoms with Gasteiger partial charge in [0.15, 0.2) is 6.10 Å². The number of carbonyl (C=O) groups excluding carboxylic acids is 1. The predicted octanol–water partition coefficient (Wildman–Crippen LogP) is 0.964. The van der Waals surface area contributed by atoms with E-state index in [4.69, 9.17) is 9.84 Å². The molecule has 1 aromatic carbocycles. The number of nitrogens with one attached hydrogen (secondary N) is 2. The summed E-state index contributed by atoms with van der Waals surface area (Å²) < 4.78 is 18.7. The molecule has 0 spiro atoms. The highest BCUT2D eigenvalue weighted by Gasteiger charge is 2.27. The molecule has 0 bridgehead atoms. The first-order chi connectivity index (χ1) is 9.52. The van der Waals surface area contributed by atoms with E-state index in [9.17, 15) is 14.0 Å². The normalized spacial score (nSPS) is 17.5. The van der Waals surface area contributed by atoms with Crippen molar-refractivity contribution in [1.82, 2.24) is 5.32 Å². The van der Waals surface area contributed by atoms with Crippen LogP contribution < -0.4 is 10.6 Å². The van der Waals surface area contributed by atoms with Gasteiger partial charge in [-0.1, -0.05) is 0 Å². The maximum atomic E-state index is 13.7. The van der Waals surface area contributed by atoms with Gasteiger partial charge < -0.3 is 20.5 Å². The third-order valence-electron chi connectivity index (χ3n) is 2.80. The van der Waals surface area contributed by atoms with Gasteiger partial charge in [-0.15, -0.1) is 0 Å². The number of carbonyl (C=O) groups is 2. The van der Waals surface area contributed by atoms with E-state index < -0.39 is 23.8 Å². The number of benzene rings is 1. The van der Waals surface area contributed by atoms with Crippen LogP contribution in [-0.4, -0.2) is 36.7 Å². The molecule has 2 rings (SSSR count). The summed E-state index contributed by atoms with van der Waals surface area (Å²) in [4.78, 5) is 22.3. The Balaban J connectivity index is 2.17. The van der Waals surface area contributed by atoms with Crippen molar-refractivity contribution >= 4 is 17.6 Å². The van der Waals surface area contributed by atoms with Crippen molar-refractivity contribution < 1.29 is 23.8 Å². The number of hydrogen-bond donors (Lipinski definition) is 3. The van der Waals surface area contributed by atoms with Gasteiger partial charge in [0.25, 0.3) is 5.91 Å². The lowest BCUT2D eigenvalue weighted by molar-refractivity contribution is -0.146. The summed E-state index contributed by atoms with van der Waals surface area (Å²) in [6, 6.07) is 3.94. The second kappa shape index (κ2) is 5.70. The van der Waals surface area contributed by atoms with Crippen LogP contribution in [0.4, 0.5) is 10.1 Å². The van der Waals surface area contributed by atoms with E-state index in [2.05, 4.69) is 10.6 Å². The number of aliphatic carboxylic acids is 1. The van der Waals surface area contributed by atoms with Crippen molar-refractivity contribution in [3.63, 3.8) is 0 Å². The molecule has 1 amide bonds. The van der Waals surface area contributed by atoms with Gasteiger partial charge in [0.1, 0.15) is 5.82 Å². The Morgan fingerprint density at radius 1 is 1.45 bits per heavy atom. The molecule has 0 radical (unpaired) electrons. The summed E-state index contributed by atoms with van der Waals surface area (Å²) >= 11 is 0. The highest BCUT2D eigenvalue weighted by atomic mass is 19.1. The number of halogens is 1. The van der Waals surface area contributed by atoms with Crippen LogP contribution in [0.2, 0.25) is 0 Å². The van der Waals surface area contributed by atoms with Crippen LogP contribution in [0.3, 0.4) is 0 Å². The lowest BCUT2D eigenvalue weighted by atomic mass is 10.1. The molecule has 106 valence electrons. The molecular formula is C13H13FN2O4. The molecule has 0 fully saturated rings. The average molecular weight is 280 g/mol. The Bertz CT molecular complexity index is 586. The van der Waals surface area contributed by atoms with Crippen LogP contribution in [0.25, 0.3) is 0 Å². The Labute approximate surface area is 114 Å². The third kappa shape index (κ3) is 2.77. The molecule has 0 saturated carbocycles. The maximum Gasteiger partial charge on any atom is 0.339 e. The van der Waals surface area contributed by atoms with Crippen molar-refractivity contribution in [2.45, 2.75) is 6.10 Å². The first kappa shape index (κ1) is 14.0. The Hall–Kier alpha value is -2.41. The molecule has 3 N–H and O–H groups in total. The van der Waals surface area contributed by atoms with Crippen LogP contribution >= 0.6 is 0 Å². The van der Waals surface area contributed by atoms with E-state index in [1.807, 2.05) is 0 Å². The van der Waals surface area contributed by atoms with Crippen LogP contribution in [0.5, 0.6) is 0 Å². The molecule has 1 aromatic rings. The highest BCUT2D eigenvalue weighted by Crippen LogP contribution is 2.21. The molecule has 0 aliphatic carbocycles. The minimum Gasteiger partial charge on any atom is -0.479 e. The summed E-state index contributed by atoms with van der Waals surface area (Å²) in [5, 5.41) is 14.0. The van der Waals surface area contributed by atoms with E-state index >= 15 is 0 Å². The van der Waals surface area contributed by atoms with Gasteiger partial charge in [0.05, 0.1) is 17.9 Å². The van der Waals surface area contributed by atoms with Crippen molar-refractivity contribution in [2.24, 2.45) is 0 Å². The SMILES string of the molecule is CNC(=O)c1ccc(NC2=CCO[C@@H]2C(=O)O)cc1F. The number of amides is 1. The van der Waals surface area contributed by atoms with Crippen molar-refractivity contribution in [2.75, 3.05) is 19.0 Å². The number of carboxylic acids is 1. The van der Waals surface area contributed by atoms with E-state index in [1.54, 1.807) is 6.08 Å². The van der Waals surface area contributed by atoms with Crippen LogP contribution in [0.1, 0.15) is 10.4 Å².